The SMILES string of the molecule is Clc1ccc2c(c1)nc(COc1cccc3ccccc13)n2Cc1ccco1. The Balaban J connectivity index is 1.52. The average Bonchev–Trinajstić information content (AvgIpc) is 3.34. The van der Waals surface area contributed by atoms with Crippen molar-refractivity contribution in [2.24, 2.45) is 0 Å². The molecule has 0 spiro atoms. The molecule has 4 nitrogen and oxygen atoms in total. The highest BCUT2D eigenvalue weighted by Crippen LogP contribution is 2.27. The van der Waals surface area contributed by atoms with Crippen molar-refractivity contribution in [1.29, 1.82) is 0 Å². The van der Waals surface area contributed by atoms with E-state index in [2.05, 4.69) is 22.8 Å². The molecule has 0 aliphatic heterocycles. The fourth-order valence-electron chi connectivity index (χ4n) is 3.46. The first-order valence-electron chi connectivity index (χ1n) is 9.05. The highest BCUT2D eigenvalue weighted by Gasteiger charge is 2.14. The second kappa shape index (κ2) is 7.06. The number of rotatable bonds is 5. The van der Waals surface area contributed by atoms with Gasteiger partial charge in [-0.15, -0.1) is 0 Å². The van der Waals surface area contributed by atoms with Crippen LogP contribution in [0.15, 0.2) is 83.5 Å². The maximum atomic E-state index is 6.18. The van der Waals surface area contributed by atoms with E-state index in [9.17, 15) is 0 Å². The Morgan fingerprint density at radius 3 is 2.75 bits per heavy atom. The van der Waals surface area contributed by atoms with E-state index in [1.54, 1.807) is 6.26 Å². The third-order valence-electron chi connectivity index (χ3n) is 4.79. The van der Waals surface area contributed by atoms with Crippen LogP contribution in [-0.2, 0) is 13.2 Å². The van der Waals surface area contributed by atoms with Gasteiger partial charge >= 0.3 is 0 Å². The number of halogens is 1. The van der Waals surface area contributed by atoms with Crippen LogP contribution in [-0.4, -0.2) is 9.55 Å². The van der Waals surface area contributed by atoms with Gasteiger partial charge in [0.25, 0.3) is 0 Å². The van der Waals surface area contributed by atoms with E-state index in [1.807, 2.05) is 54.6 Å². The number of nitrogens with zero attached hydrogens (tertiary/aromatic N) is 2. The van der Waals surface area contributed by atoms with E-state index in [0.717, 1.165) is 39.1 Å². The molecule has 138 valence electrons. The zero-order valence-electron chi connectivity index (χ0n) is 15.0. The molecule has 0 aliphatic carbocycles. The number of aromatic nitrogens is 2. The van der Waals surface area contributed by atoms with Gasteiger partial charge in [0.2, 0.25) is 0 Å². The fraction of sp³-hybridized carbons (Fsp3) is 0.0870. The molecule has 28 heavy (non-hydrogen) atoms. The minimum Gasteiger partial charge on any atom is -0.485 e. The standard InChI is InChI=1S/C23H17ClN2O2/c24-17-10-11-21-20(13-17)25-23(26(21)14-18-7-4-12-27-18)15-28-22-9-3-6-16-5-1-2-8-19(16)22/h1-13H,14-15H2. The average molecular weight is 389 g/mol. The van der Waals surface area contributed by atoms with Crippen molar-refractivity contribution in [3.8, 4) is 5.75 Å². The summed E-state index contributed by atoms with van der Waals surface area (Å²) in [5.41, 5.74) is 1.84. The Morgan fingerprint density at radius 1 is 0.964 bits per heavy atom. The highest BCUT2D eigenvalue weighted by molar-refractivity contribution is 6.31. The summed E-state index contributed by atoms with van der Waals surface area (Å²) in [6, 6.07) is 23.8. The molecule has 3 aromatic carbocycles. The first-order valence-corrected chi connectivity index (χ1v) is 9.43. The predicted octanol–water partition coefficient (Wildman–Crippen LogP) is 6.06. The third-order valence-corrected chi connectivity index (χ3v) is 5.02. The molecule has 0 fully saturated rings. The number of benzene rings is 3. The summed E-state index contributed by atoms with van der Waals surface area (Å²) in [5.74, 6) is 2.52. The molecule has 0 aliphatic rings. The Morgan fingerprint density at radius 2 is 1.86 bits per heavy atom. The van der Waals surface area contributed by atoms with Crippen LogP contribution in [0.3, 0.4) is 0 Å². The molecule has 0 radical (unpaired) electrons. The summed E-state index contributed by atoms with van der Waals surface area (Å²) in [5, 5.41) is 2.90. The van der Waals surface area contributed by atoms with E-state index in [4.69, 9.17) is 25.7 Å². The van der Waals surface area contributed by atoms with E-state index in [-0.39, 0.29) is 0 Å². The van der Waals surface area contributed by atoms with E-state index < -0.39 is 0 Å². The number of hydrogen-bond donors (Lipinski definition) is 0. The van der Waals surface area contributed by atoms with Gasteiger partial charge in [-0.2, -0.15) is 0 Å². The third kappa shape index (κ3) is 3.12. The maximum Gasteiger partial charge on any atom is 0.148 e. The first-order chi connectivity index (χ1) is 13.8. The minimum atomic E-state index is 0.348. The number of fused-ring (bicyclic) bond motifs is 2. The van der Waals surface area contributed by atoms with Gasteiger partial charge in [0.15, 0.2) is 0 Å². The van der Waals surface area contributed by atoms with Gasteiger partial charge < -0.3 is 13.7 Å². The summed E-state index contributed by atoms with van der Waals surface area (Å²) in [6.45, 7) is 0.931. The number of hydrogen-bond acceptors (Lipinski definition) is 3. The van der Waals surface area contributed by atoms with Crippen LogP contribution >= 0.6 is 11.6 Å². The molecule has 0 unspecified atom stereocenters. The molecular formula is C23H17ClN2O2. The predicted molar refractivity (Wildman–Crippen MR) is 111 cm³/mol. The van der Waals surface area contributed by atoms with Gasteiger partial charge in [-0.05, 0) is 41.8 Å². The van der Waals surface area contributed by atoms with Crippen LogP contribution in [0.25, 0.3) is 21.8 Å². The fourth-order valence-corrected chi connectivity index (χ4v) is 3.63. The molecule has 0 amide bonds. The van der Waals surface area contributed by atoms with Gasteiger partial charge in [0, 0.05) is 10.4 Å². The lowest BCUT2D eigenvalue weighted by atomic mass is 10.1. The lowest BCUT2D eigenvalue weighted by molar-refractivity contribution is 0.293. The molecule has 5 rings (SSSR count). The summed E-state index contributed by atoms with van der Waals surface area (Å²) < 4.78 is 13.8. The monoisotopic (exact) mass is 388 g/mol. The summed E-state index contributed by atoms with van der Waals surface area (Å²) >= 11 is 6.16. The van der Waals surface area contributed by atoms with Gasteiger partial charge in [0.05, 0.1) is 23.8 Å². The molecule has 0 saturated carbocycles. The quantitative estimate of drug-likeness (QED) is 0.367. The number of furan rings is 1. The zero-order chi connectivity index (χ0) is 18.9. The van der Waals surface area contributed by atoms with Crippen molar-refractivity contribution in [2.75, 3.05) is 0 Å². The molecule has 2 aromatic heterocycles. The second-order valence-electron chi connectivity index (χ2n) is 6.59. The van der Waals surface area contributed by atoms with Crippen molar-refractivity contribution >= 4 is 33.4 Å². The van der Waals surface area contributed by atoms with Gasteiger partial charge in [-0.25, -0.2) is 4.98 Å². The Labute approximate surface area is 166 Å². The van der Waals surface area contributed by atoms with Crippen LogP contribution < -0.4 is 4.74 Å². The number of ether oxygens (including phenoxy) is 1. The second-order valence-corrected chi connectivity index (χ2v) is 7.03. The van der Waals surface area contributed by atoms with E-state index >= 15 is 0 Å². The molecule has 0 bridgehead atoms. The molecule has 0 atom stereocenters. The molecule has 5 aromatic rings. The normalized spacial score (nSPS) is 11.3. The van der Waals surface area contributed by atoms with Gasteiger partial charge in [0.1, 0.15) is 23.9 Å². The topological polar surface area (TPSA) is 40.2 Å². The molecule has 0 saturated heterocycles. The van der Waals surface area contributed by atoms with Crippen LogP contribution in [0.4, 0.5) is 0 Å². The summed E-state index contributed by atoms with van der Waals surface area (Å²) in [6.07, 6.45) is 1.68. The lowest BCUT2D eigenvalue weighted by Gasteiger charge is -2.11. The molecule has 2 heterocycles. The largest absolute Gasteiger partial charge is 0.485 e. The van der Waals surface area contributed by atoms with Crippen LogP contribution in [0.5, 0.6) is 5.75 Å². The zero-order valence-corrected chi connectivity index (χ0v) is 15.8. The molecule has 5 heteroatoms. The Bertz CT molecular complexity index is 1250. The Kier molecular flexibility index (Phi) is 4.26. The van der Waals surface area contributed by atoms with Gasteiger partial charge in [-0.1, -0.05) is 48.0 Å². The molecular weight excluding hydrogens is 372 g/mol. The van der Waals surface area contributed by atoms with Crippen LogP contribution in [0.1, 0.15) is 11.6 Å². The van der Waals surface area contributed by atoms with Crippen molar-refractivity contribution < 1.29 is 9.15 Å². The first kappa shape index (κ1) is 16.9. The van der Waals surface area contributed by atoms with E-state index in [0.29, 0.717) is 18.2 Å². The summed E-state index contributed by atoms with van der Waals surface area (Å²) in [4.78, 5) is 4.76. The van der Waals surface area contributed by atoms with Crippen LogP contribution in [0.2, 0.25) is 5.02 Å². The van der Waals surface area contributed by atoms with E-state index in [1.165, 1.54) is 0 Å². The lowest BCUT2D eigenvalue weighted by Crippen LogP contribution is -2.08. The van der Waals surface area contributed by atoms with Crippen molar-refractivity contribution in [3.63, 3.8) is 0 Å². The highest BCUT2D eigenvalue weighted by atomic mass is 35.5. The van der Waals surface area contributed by atoms with Crippen molar-refractivity contribution in [2.45, 2.75) is 13.2 Å². The minimum absolute atomic E-state index is 0.348. The van der Waals surface area contributed by atoms with Crippen molar-refractivity contribution in [1.82, 2.24) is 9.55 Å². The summed E-state index contributed by atoms with van der Waals surface area (Å²) in [7, 11) is 0. The maximum absolute atomic E-state index is 6.18. The number of imidazole rings is 1. The smallest absolute Gasteiger partial charge is 0.148 e. The Hall–Kier alpha value is -3.24. The van der Waals surface area contributed by atoms with Gasteiger partial charge in [-0.3, -0.25) is 0 Å². The van der Waals surface area contributed by atoms with Crippen molar-refractivity contribution in [3.05, 3.63) is 95.7 Å². The molecule has 0 N–H and O–H groups in total. The van der Waals surface area contributed by atoms with Crippen LogP contribution in [0, 0.1) is 0 Å².